The van der Waals surface area contributed by atoms with E-state index in [-0.39, 0.29) is 11.7 Å². The van der Waals surface area contributed by atoms with Gasteiger partial charge in [-0.05, 0) is 49.4 Å². The molecule has 0 bridgehead atoms. The van der Waals surface area contributed by atoms with Crippen LogP contribution in [-0.2, 0) is 4.79 Å². The Morgan fingerprint density at radius 3 is 2.73 bits per heavy atom. The molecule has 168 valence electrons. The second-order valence-electron chi connectivity index (χ2n) is 6.86. The zero-order valence-corrected chi connectivity index (χ0v) is 18.4. The van der Waals surface area contributed by atoms with Gasteiger partial charge in [0.1, 0.15) is 11.6 Å². The fourth-order valence-corrected chi connectivity index (χ4v) is 3.76. The van der Waals surface area contributed by atoms with Crippen molar-refractivity contribution < 1.29 is 18.7 Å². The molecule has 0 aliphatic heterocycles. The summed E-state index contributed by atoms with van der Waals surface area (Å²) in [4.78, 5) is 25.1. The van der Waals surface area contributed by atoms with Crippen LogP contribution in [0.1, 0.15) is 17.3 Å². The zero-order chi connectivity index (χ0) is 23.2. The van der Waals surface area contributed by atoms with Crippen molar-refractivity contribution in [3.63, 3.8) is 0 Å². The average Bonchev–Trinajstić information content (AvgIpc) is 3.21. The maximum atomic E-state index is 13.4. The Morgan fingerprint density at radius 1 is 1.06 bits per heavy atom. The summed E-state index contributed by atoms with van der Waals surface area (Å²) in [6.45, 7) is 2.36. The normalized spacial score (nSPS) is 10.7. The molecule has 33 heavy (non-hydrogen) atoms. The highest BCUT2D eigenvalue weighted by Gasteiger charge is 2.14. The highest BCUT2D eigenvalue weighted by atomic mass is 32.2. The van der Waals surface area contributed by atoms with Gasteiger partial charge in [-0.2, -0.15) is 0 Å². The van der Waals surface area contributed by atoms with Crippen LogP contribution < -0.4 is 15.4 Å². The van der Waals surface area contributed by atoms with Crippen LogP contribution in [0.4, 0.5) is 15.8 Å². The van der Waals surface area contributed by atoms with E-state index in [4.69, 9.17) is 4.74 Å². The Kier molecular flexibility index (Phi) is 6.84. The molecule has 0 unspecified atom stereocenters. The number of thioether (sulfide) groups is 1. The second-order valence-corrected chi connectivity index (χ2v) is 7.80. The average molecular weight is 466 g/mol. The number of halogens is 1. The molecule has 0 saturated heterocycles. The third kappa shape index (κ3) is 5.47. The van der Waals surface area contributed by atoms with Crippen LogP contribution in [-0.4, -0.2) is 38.8 Å². The fourth-order valence-electron chi connectivity index (χ4n) is 3.04. The van der Waals surface area contributed by atoms with Crippen LogP contribution in [0.15, 0.2) is 72.0 Å². The van der Waals surface area contributed by atoms with E-state index in [1.807, 2.05) is 19.1 Å². The standard InChI is InChI=1S/C23H20FN5O3S/c1-2-32-19-9-4-3-8-18(19)26-21(30)14-33-23-28-27-20-11-10-15(13-29(20)23)22(31)25-17-7-5-6-16(24)12-17/h3-13H,2,14H2,1H3,(H,25,31)(H,26,30). The van der Waals surface area contributed by atoms with E-state index in [9.17, 15) is 14.0 Å². The number of amides is 2. The predicted molar refractivity (Wildman–Crippen MR) is 124 cm³/mol. The molecule has 0 radical (unpaired) electrons. The SMILES string of the molecule is CCOc1ccccc1NC(=O)CSc1nnc2ccc(C(=O)Nc3cccc(F)c3)cn12. The molecule has 0 saturated carbocycles. The van der Waals surface area contributed by atoms with E-state index >= 15 is 0 Å². The number of para-hydroxylation sites is 2. The van der Waals surface area contributed by atoms with Crippen molar-refractivity contribution in [2.75, 3.05) is 23.0 Å². The van der Waals surface area contributed by atoms with Crippen LogP contribution in [0.2, 0.25) is 0 Å². The summed E-state index contributed by atoms with van der Waals surface area (Å²) in [6.07, 6.45) is 1.58. The second kappa shape index (κ2) is 10.1. The quantitative estimate of drug-likeness (QED) is 0.378. The number of nitrogens with zero attached hydrogens (tertiary/aromatic N) is 3. The Balaban J connectivity index is 1.44. The van der Waals surface area contributed by atoms with Crippen LogP contribution in [0.5, 0.6) is 5.75 Å². The zero-order valence-electron chi connectivity index (χ0n) is 17.6. The molecule has 4 aromatic rings. The first kappa shape index (κ1) is 22.3. The first-order chi connectivity index (χ1) is 16.0. The summed E-state index contributed by atoms with van der Waals surface area (Å²) in [5.41, 5.74) is 1.81. The van der Waals surface area contributed by atoms with Gasteiger partial charge in [-0.25, -0.2) is 4.39 Å². The Hall–Kier alpha value is -3.92. The number of hydrogen-bond donors (Lipinski definition) is 2. The number of benzene rings is 2. The molecule has 0 fully saturated rings. The molecule has 0 spiro atoms. The van der Waals surface area contributed by atoms with Crippen LogP contribution in [0.3, 0.4) is 0 Å². The van der Waals surface area contributed by atoms with Crippen molar-refractivity contribution in [1.82, 2.24) is 14.6 Å². The first-order valence-electron chi connectivity index (χ1n) is 10.1. The molecule has 2 heterocycles. The molecule has 0 atom stereocenters. The summed E-state index contributed by atoms with van der Waals surface area (Å²) in [6, 6.07) is 16.1. The summed E-state index contributed by atoms with van der Waals surface area (Å²) < 4.78 is 20.5. The molecule has 0 aliphatic rings. The lowest BCUT2D eigenvalue weighted by Crippen LogP contribution is -2.15. The highest BCUT2D eigenvalue weighted by molar-refractivity contribution is 7.99. The monoisotopic (exact) mass is 465 g/mol. The van der Waals surface area contributed by atoms with Crippen LogP contribution >= 0.6 is 11.8 Å². The number of fused-ring (bicyclic) bond motifs is 1. The molecule has 2 aromatic heterocycles. The van der Waals surface area contributed by atoms with Crippen molar-refractivity contribution in [2.24, 2.45) is 0 Å². The van der Waals surface area contributed by atoms with Gasteiger partial charge in [0.25, 0.3) is 5.91 Å². The largest absolute Gasteiger partial charge is 0.492 e. The number of carbonyl (C=O) groups is 2. The molecule has 8 nitrogen and oxygen atoms in total. The number of hydrogen-bond acceptors (Lipinski definition) is 6. The van der Waals surface area contributed by atoms with E-state index in [0.29, 0.717) is 40.1 Å². The molecule has 2 amide bonds. The molecular formula is C23H20FN5O3S. The summed E-state index contributed by atoms with van der Waals surface area (Å²) in [5, 5.41) is 14.1. The fraction of sp³-hybridized carbons (Fsp3) is 0.130. The maximum absolute atomic E-state index is 13.4. The number of ether oxygens (including phenoxy) is 1. The molecule has 4 rings (SSSR count). The third-order valence-corrected chi connectivity index (χ3v) is 5.45. The van der Waals surface area contributed by atoms with Crippen molar-refractivity contribution in [2.45, 2.75) is 12.1 Å². The van der Waals surface area contributed by atoms with Crippen molar-refractivity contribution in [3.05, 3.63) is 78.2 Å². The van der Waals surface area contributed by atoms with Gasteiger partial charge in [-0.1, -0.05) is 30.0 Å². The minimum Gasteiger partial charge on any atom is -0.492 e. The van der Waals surface area contributed by atoms with Gasteiger partial charge in [-0.15, -0.1) is 10.2 Å². The highest BCUT2D eigenvalue weighted by Crippen LogP contribution is 2.25. The van der Waals surface area contributed by atoms with E-state index in [0.717, 1.165) is 0 Å². The molecule has 0 aliphatic carbocycles. The minimum absolute atomic E-state index is 0.0843. The van der Waals surface area contributed by atoms with Crippen molar-refractivity contribution in [1.29, 1.82) is 0 Å². The lowest BCUT2D eigenvalue weighted by molar-refractivity contribution is -0.113. The van der Waals surface area contributed by atoms with Gasteiger partial charge in [0.15, 0.2) is 10.8 Å². The first-order valence-corrected chi connectivity index (χ1v) is 11.1. The topological polar surface area (TPSA) is 97.6 Å². The van der Waals surface area contributed by atoms with Gasteiger partial charge in [-0.3, -0.25) is 14.0 Å². The Morgan fingerprint density at radius 2 is 1.91 bits per heavy atom. The minimum atomic E-state index is -0.442. The smallest absolute Gasteiger partial charge is 0.257 e. The van der Waals surface area contributed by atoms with Crippen LogP contribution in [0.25, 0.3) is 5.65 Å². The number of anilines is 2. The third-order valence-electron chi connectivity index (χ3n) is 4.51. The Bertz CT molecular complexity index is 1310. The molecule has 2 aromatic carbocycles. The van der Waals surface area contributed by atoms with Gasteiger partial charge in [0.2, 0.25) is 5.91 Å². The van der Waals surface area contributed by atoms with Gasteiger partial charge >= 0.3 is 0 Å². The van der Waals surface area contributed by atoms with Crippen LogP contribution in [0, 0.1) is 5.82 Å². The van der Waals surface area contributed by atoms with Crippen molar-refractivity contribution >= 4 is 40.6 Å². The maximum Gasteiger partial charge on any atom is 0.257 e. The summed E-state index contributed by atoms with van der Waals surface area (Å²) in [5.74, 6) is -0.398. The lowest BCUT2D eigenvalue weighted by atomic mass is 10.2. The Labute approximate surface area is 193 Å². The van der Waals surface area contributed by atoms with Gasteiger partial charge < -0.3 is 15.4 Å². The van der Waals surface area contributed by atoms with E-state index in [1.165, 1.54) is 30.0 Å². The number of carbonyl (C=O) groups excluding carboxylic acids is 2. The van der Waals surface area contributed by atoms with Crippen molar-refractivity contribution in [3.8, 4) is 5.75 Å². The van der Waals surface area contributed by atoms with E-state index in [1.54, 1.807) is 40.9 Å². The summed E-state index contributed by atoms with van der Waals surface area (Å²) >= 11 is 1.18. The number of aromatic nitrogens is 3. The molecule has 2 N–H and O–H groups in total. The van der Waals surface area contributed by atoms with Gasteiger partial charge in [0.05, 0.1) is 23.6 Å². The number of pyridine rings is 1. The number of nitrogens with one attached hydrogen (secondary N) is 2. The molecular weight excluding hydrogens is 445 g/mol. The lowest BCUT2D eigenvalue weighted by Gasteiger charge is -2.11. The van der Waals surface area contributed by atoms with Gasteiger partial charge in [0, 0.05) is 11.9 Å². The number of rotatable bonds is 8. The van der Waals surface area contributed by atoms with E-state index < -0.39 is 11.7 Å². The predicted octanol–water partition coefficient (Wildman–Crippen LogP) is 4.25. The van der Waals surface area contributed by atoms with E-state index in [2.05, 4.69) is 20.8 Å². The molecule has 10 heteroatoms. The summed E-state index contributed by atoms with van der Waals surface area (Å²) in [7, 11) is 0.